The van der Waals surface area contributed by atoms with Gasteiger partial charge in [0.2, 0.25) is 0 Å². The number of esters is 1. The summed E-state index contributed by atoms with van der Waals surface area (Å²) < 4.78 is 10.4. The predicted molar refractivity (Wildman–Crippen MR) is 66.1 cm³/mol. The van der Waals surface area contributed by atoms with Gasteiger partial charge in [0.1, 0.15) is 16.9 Å². The molecule has 0 aromatic heterocycles. The SMILES string of the molecule is CCOc1ccc(O)c(O)c1C(=O)OC(C)(C)C. The van der Waals surface area contributed by atoms with Crippen molar-refractivity contribution in [3.8, 4) is 17.2 Å². The van der Waals surface area contributed by atoms with Gasteiger partial charge in [-0.3, -0.25) is 0 Å². The molecular formula is C13H18O5. The number of rotatable bonds is 3. The van der Waals surface area contributed by atoms with Crippen molar-refractivity contribution in [2.45, 2.75) is 33.3 Å². The minimum absolute atomic E-state index is 0.160. The Morgan fingerprint density at radius 2 is 1.89 bits per heavy atom. The van der Waals surface area contributed by atoms with Crippen LogP contribution >= 0.6 is 0 Å². The minimum Gasteiger partial charge on any atom is -0.504 e. The van der Waals surface area contributed by atoms with E-state index in [9.17, 15) is 15.0 Å². The fraction of sp³-hybridized carbons (Fsp3) is 0.462. The summed E-state index contributed by atoms with van der Waals surface area (Å²) >= 11 is 0. The van der Waals surface area contributed by atoms with Crippen LogP contribution in [-0.2, 0) is 4.74 Å². The Morgan fingerprint density at radius 3 is 2.39 bits per heavy atom. The molecule has 1 rings (SSSR count). The second-order valence-electron chi connectivity index (χ2n) is 4.74. The summed E-state index contributed by atoms with van der Waals surface area (Å²) in [6.45, 7) is 7.23. The van der Waals surface area contributed by atoms with Crippen LogP contribution < -0.4 is 4.74 Å². The Kier molecular flexibility index (Phi) is 4.06. The van der Waals surface area contributed by atoms with Crippen LogP contribution in [0, 0.1) is 0 Å². The summed E-state index contributed by atoms with van der Waals surface area (Å²) in [5.74, 6) is -1.48. The maximum atomic E-state index is 12.0. The molecule has 0 radical (unpaired) electrons. The molecule has 1 aromatic carbocycles. The van der Waals surface area contributed by atoms with Crippen LogP contribution in [0.25, 0.3) is 0 Å². The first-order valence-corrected chi connectivity index (χ1v) is 5.67. The Hall–Kier alpha value is -1.91. The van der Waals surface area contributed by atoms with E-state index in [4.69, 9.17) is 9.47 Å². The van der Waals surface area contributed by atoms with Gasteiger partial charge in [-0.2, -0.15) is 0 Å². The van der Waals surface area contributed by atoms with E-state index in [0.717, 1.165) is 0 Å². The smallest absolute Gasteiger partial charge is 0.346 e. The molecule has 0 bridgehead atoms. The summed E-state index contributed by atoms with van der Waals surface area (Å²) in [4.78, 5) is 12.0. The van der Waals surface area contributed by atoms with Crippen molar-refractivity contribution in [1.82, 2.24) is 0 Å². The van der Waals surface area contributed by atoms with Crippen LogP contribution in [0.4, 0.5) is 0 Å². The number of carbonyl (C=O) groups excluding carboxylic acids is 1. The van der Waals surface area contributed by atoms with Gasteiger partial charge < -0.3 is 19.7 Å². The lowest BCUT2D eigenvalue weighted by atomic mass is 10.1. The zero-order chi connectivity index (χ0) is 13.9. The van der Waals surface area contributed by atoms with E-state index in [1.807, 2.05) is 0 Å². The zero-order valence-electron chi connectivity index (χ0n) is 11.0. The van der Waals surface area contributed by atoms with E-state index >= 15 is 0 Å². The van der Waals surface area contributed by atoms with Crippen molar-refractivity contribution in [2.75, 3.05) is 6.61 Å². The molecule has 0 atom stereocenters. The molecule has 0 aliphatic heterocycles. The lowest BCUT2D eigenvalue weighted by molar-refractivity contribution is 0.00625. The van der Waals surface area contributed by atoms with E-state index in [-0.39, 0.29) is 17.1 Å². The summed E-state index contributed by atoms with van der Waals surface area (Å²) in [6, 6.07) is 2.67. The summed E-state index contributed by atoms with van der Waals surface area (Å²) in [5.41, 5.74) is -0.856. The first kappa shape index (κ1) is 14.2. The Balaban J connectivity index is 3.19. The van der Waals surface area contributed by atoms with Gasteiger partial charge in [0.15, 0.2) is 11.5 Å². The van der Waals surface area contributed by atoms with Crippen LogP contribution in [0.5, 0.6) is 17.2 Å². The minimum atomic E-state index is -0.737. The number of ether oxygens (including phenoxy) is 2. The van der Waals surface area contributed by atoms with E-state index in [1.165, 1.54) is 12.1 Å². The molecule has 1 aromatic rings. The van der Waals surface area contributed by atoms with E-state index < -0.39 is 17.3 Å². The zero-order valence-corrected chi connectivity index (χ0v) is 11.0. The molecule has 0 heterocycles. The molecule has 0 unspecified atom stereocenters. The molecule has 0 amide bonds. The second kappa shape index (κ2) is 5.16. The Labute approximate surface area is 106 Å². The highest BCUT2D eigenvalue weighted by atomic mass is 16.6. The fourth-order valence-corrected chi connectivity index (χ4v) is 1.36. The predicted octanol–water partition coefficient (Wildman–Crippen LogP) is 2.45. The number of hydrogen-bond acceptors (Lipinski definition) is 5. The van der Waals surface area contributed by atoms with E-state index in [2.05, 4.69) is 0 Å². The van der Waals surface area contributed by atoms with Crippen molar-refractivity contribution < 1.29 is 24.5 Å². The molecule has 0 fully saturated rings. The monoisotopic (exact) mass is 254 g/mol. The topological polar surface area (TPSA) is 76.0 Å². The number of carbonyl (C=O) groups is 1. The lowest BCUT2D eigenvalue weighted by Gasteiger charge is -2.21. The molecule has 0 saturated heterocycles. The third-order valence-corrected chi connectivity index (χ3v) is 2.02. The largest absolute Gasteiger partial charge is 0.504 e. The molecule has 0 spiro atoms. The van der Waals surface area contributed by atoms with Gasteiger partial charge in [0, 0.05) is 0 Å². The van der Waals surface area contributed by atoms with Crippen molar-refractivity contribution in [2.24, 2.45) is 0 Å². The average Bonchev–Trinajstić information content (AvgIpc) is 2.21. The third kappa shape index (κ3) is 3.29. The summed E-state index contributed by atoms with van der Waals surface area (Å²) in [7, 11) is 0. The lowest BCUT2D eigenvalue weighted by Crippen LogP contribution is -2.24. The Bertz CT molecular complexity index is 445. The molecule has 5 nitrogen and oxygen atoms in total. The van der Waals surface area contributed by atoms with Crippen LogP contribution in [0.15, 0.2) is 12.1 Å². The van der Waals surface area contributed by atoms with Crippen LogP contribution in [0.3, 0.4) is 0 Å². The second-order valence-corrected chi connectivity index (χ2v) is 4.74. The van der Waals surface area contributed by atoms with Gasteiger partial charge in [-0.1, -0.05) is 0 Å². The molecule has 5 heteroatoms. The number of aromatic hydroxyl groups is 2. The highest BCUT2D eigenvalue weighted by Gasteiger charge is 2.26. The van der Waals surface area contributed by atoms with Crippen molar-refractivity contribution >= 4 is 5.97 Å². The first-order valence-electron chi connectivity index (χ1n) is 5.67. The van der Waals surface area contributed by atoms with E-state index in [0.29, 0.717) is 6.61 Å². The molecule has 0 aliphatic rings. The summed E-state index contributed by atoms with van der Waals surface area (Å²) in [5, 5.41) is 19.2. The van der Waals surface area contributed by atoms with Gasteiger partial charge in [-0.15, -0.1) is 0 Å². The molecule has 0 saturated carbocycles. The van der Waals surface area contributed by atoms with Crippen molar-refractivity contribution in [3.05, 3.63) is 17.7 Å². The Morgan fingerprint density at radius 1 is 1.28 bits per heavy atom. The van der Waals surface area contributed by atoms with Crippen LogP contribution in [-0.4, -0.2) is 28.4 Å². The van der Waals surface area contributed by atoms with Crippen molar-refractivity contribution in [3.63, 3.8) is 0 Å². The summed E-state index contributed by atoms with van der Waals surface area (Å²) in [6.07, 6.45) is 0. The normalized spacial score (nSPS) is 11.1. The molecule has 0 aliphatic carbocycles. The molecule has 100 valence electrons. The highest BCUT2D eigenvalue weighted by Crippen LogP contribution is 2.36. The molecule has 2 N–H and O–H groups in total. The maximum Gasteiger partial charge on any atom is 0.346 e. The van der Waals surface area contributed by atoms with Gasteiger partial charge in [0.25, 0.3) is 0 Å². The van der Waals surface area contributed by atoms with Gasteiger partial charge in [0.05, 0.1) is 6.61 Å². The molecule has 18 heavy (non-hydrogen) atoms. The van der Waals surface area contributed by atoms with Gasteiger partial charge in [-0.25, -0.2) is 4.79 Å². The highest BCUT2D eigenvalue weighted by molar-refractivity contribution is 5.96. The number of benzene rings is 1. The quantitative estimate of drug-likeness (QED) is 0.640. The van der Waals surface area contributed by atoms with Crippen LogP contribution in [0.2, 0.25) is 0 Å². The fourth-order valence-electron chi connectivity index (χ4n) is 1.36. The van der Waals surface area contributed by atoms with Crippen LogP contribution in [0.1, 0.15) is 38.1 Å². The number of hydrogen-bond donors (Lipinski definition) is 2. The third-order valence-electron chi connectivity index (χ3n) is 2.02. The van der Waals surface area contributed by atoms with Gasteiger partial charge >= 0.3 is 5.97 Å². The van der Waals surface area contributed by atoms with Crippen molar-refractivity contribution in [1.29, 1.82) is 0 Å². The standard InChI is InChI=1S/C13H18O5/c1-5-17-9-7-6-8(14)11(15)10(9)12(16)18-13(2,3)4/h6-7,14-15H,5H2,1-4H3. The molecular weight excluding hydrogens is 236 g/mol. The average molecular weight is 254 g/mol. The maximum absolute atomic E-state index is 12.0. The number of phenols is 2. The van der Waals surface area contributed by atoms with Gasteiger partial charge in [-0.05, 0) is 39.8 Å². The van der Waals surface area contributed by atoms with E-state index in [1.54, 1.807) is 27.7 Å². The number of phenolic OH excluding ortho intramolecular Hbond substituents is 2. The first-order chi connectivity index (χ1) is 8.26.